The van der Waals surface area contributed by atoms with E-state index in [4.69, 9.17) is 48.1 Å². The van der Waals surface area contributed by atoms with Gasteiger partial charge in [0.05, 0.1) is 33.5 Å². The van der Waals surface area contributed by atoms with E-state index in [1.54, 1.807) is 7.11 Å². The van der Waals surface area contributed by atoms with Gasteiger partial charge < -0.3 is 23.7 Å². The molecule has 5 aromatic rings. The monoisotopic (exact) mass is 1550 g/mol. The van der Waals surface area contributed by atoms with Crippen molar-refractivity contribution in [2.24, 2.45) is 59.2 Å². The van der Waals surface area contributed by atoms with Crippen molar-refractivity contribution < 1.29 is 74.4 Å². The van der Waals surface area contributed by atoms with Gasteiger partial charge in [-0.1, -0.05) is 269 Å². The first-order valence-corrected chi connectivity index (χ1v) is 44.5. The summed E-state index contributed by atoms with van der Waals surface area (Å²) in [5.41, 5.74) is 5.22. The second kappa shape index (κ2) is 56.9. The summed E-state index contributed by atoms with van der Waals surface area (Å²) in [4.78, 5) is 24.3. The Morgan fingerprint density at radius 2 is 0.459 bits per heavy atom. The summed E-state index contributed by atoms with van der Waals surface area (Å²) in [7, 11) is 1.66. The number of rotatable bonds is 41. The summed E-state index contributed by atoms with van der Waals surface area (Å²) in [6.07, 6.45) is 45.3. The molecule has 0 saturated heterocycles. The predicted octanol–water partition coefficient (Wildman–Crippen LogP) is 28.5. The van der Waals surface area contributed by atoms with Gasteiger partial charge >= 0.3 is 0 Å². The minimum atomic E-state index is -0.206. The molecular formula is C96H152O15. The zero-order valence-electron chi connectivity index (χ0n) is 70.5. The quantitative estimate of drug-likeness (QED) is 0.0141. The first-order chi connectivity index (χ1) is 54.4. The second-order valence-corrected chi connectivity index (χ2v) is 32.8. The van der Waals surface area contributed by atoms with Crippen molar-refractivity contribution in [1.82, 2.24) is 0 Å². The molecule has 0 heterocycles. The molecule has 5 N–H and O–H groups in total. The third-order valence-corrected chi connectivity index (χ3v) is 24.9. The number of hydrogen-bond donors (Lipinski definition) is 5. The van der Waals surface area contributed by atoms with Crippen molar-refractivity contribution in [3.8, 4) is 28.7 Å². The van der Waals surface area contributed by atoms with Crippen LogP contribution in [-0.4, -0.2) is 59.8 Å². The Balaban J connectivity index is 0.000000217. The summed E-state index contributed by atoms with van der Waals surface area (Å²) >= 11 is 0. The summed E-state index contributed by atoms with van der Waals surface area (Å²) in [6, 6.07) is 39.7. The van der Waals surface area contributed by atoms with Crippen molar-refractivity contribution in [3.63, 3.8) is 0 Å². The van der Waals surface area contributed by atoms with Crippen LogP contribution in [0.25, 0.3) is 0 Å². The summed E-state index contributed by atoms with van der Waals surface area (Å²) in [5.74, 6) is 10.8. The van der Waals surface area contributed by atoms with E-state index >= 15 is 0 Å². The van der Waals surface area contributed by atoms with Crippen LogP contribution in [0, 0.1) is 59.2 Å². The SMILES string of the molecule is CCCC1CCC(C(OO)c2ccc(OCC)cc2)CC1.CCCCC1CCC(C(OO)c2ccc(OCC)cc2)CC1.CCCCCC1CCC(C(OO)c2ccc(OC)cc2)CC1.CCCCCC1CCC(C(OO)c2ccc(OCC)cc2)CC1.CCCCOc1ccc(C(OO)C2CCC(CCC)CC2)cc1. The van der Waals surface area contributed by atoms with Gasteiger partial charge in [0.25, 0.3) is 0 Å². The van der Waals surface area contributed by atoms with E-state index in [-0.39, 0.29) is 30.5 Å². The van der Waals surface area contributed by atoms with Crippen molar-refractivity contribution >= 4 is 0 Å². The topological polar surface area (TPSA) is 193 Å². The van der Waals surface area contributed by atoms with Gasteiger partial charge in [-0.25, -0.2) is 24.4 Å². The van der Waals surface area contributed by atoms with Gasteiger partial charge in [0, 0.05) is 0 Å². The lowest BCUT2D eigenvalue weighted by atomic mass is 9.76. The zero-order chi connectivity index (χ0) is 79.6. The summed E-state index contributed by atoms with van der Waals surface area (Å²) < 4.78 is 27.3. The van der Waals surface area contributed by atoms with Crippen molar-refractivity contribution in [3.05, 3.63) is 149 Å². The third kappa shape index (κ3) is 33.8. The second-order valence-electron chi connectivity index (χ2n) is 32.8. The van der Waals surface area contributed by atoms with Crippen LogP contribution in [0.2, 0.25) is 0 Å². The summed E-state index contributed by atoms with van der Waals surface area (Å²) in [5, 5.41) is 46.9. The molecule has 0 spiro atoms. The molecule has 5 aliphatic carbocycles. The third-order valence-electron chi connectivity index (χ3n) is 24.9. The van der Waals surface area contributed by atoms with Gasteiger partial charge in [0.15, 0.2) is 0 Å². The van der Waals surface area contributed by atoms with Gasteiger partial charge in [-0.3, -0.25) is 26.3 Å². The lowest BCUT2D eigenvalue weighted by Crippen LogP contribution is -2.22. The van der Waals surface area contributed by atoms with E-state index in [0.717, 1.165) is 170 Å². The largest absolute Gasteiger partial charge is 0.497 e. The number of ether oxygens (including phenoxy) is 5. The van der Waals surface area contributed by atoms with Crippen LogP contribution in [0.4, 0.5) is 0 Å². The fraction of sp³-hybridized carbons (Fsp3) is 0.688. The maximum atomic E-state index is 9.41. The standard InChI is InChI=1S/2C20H32O3.2C19H30O3.C18H28O3/c1-3-5-6-7-16-8-10-17(11-9-16)20(23-21)18-12-14-19(15-13-18)22-4-2;1-3-5-15-22-19-13-11-18(12-14-19)20(23-21)17-9-7-16(6-4-2)8-10-17;1-3-4-5-6-15-7-9-16(10-8-15)19(22-20)17-11-13-18(21-2)14-12-17;1-3-5-6-15-7-9-16(10-8-15)19(22-20)17-11-13-18(14-12-17)21-4-2;1-3-5-14-6-8-15(9-7-14)18(21-19)16-10-12-17(13-11-16)20-4-2/h12-17,20-21H,3-11H2,1-2H3;11-14,16-17,20-21H,3-10,15H2,1-2H3;2*11-16,19-20H,3-10H2,1-2H3;10-15,18-19H,3-9H2,1-2H3. The fourth-order valence-corrected chi connectivity index (χ4v) is 18.3. The van der Waals surface area contributed by atoms with Gasteiger partial charge in [0.1, 0.15) is 59.3 Å². The van der Waals surface area contributed by atoms with Gasteiger partial charge in [0.2, 0.25) is 0 Å². The van der Waals surface area contributed by atoms with Crippen LogP contribution >= 0.6 is 0 Å². The number of hydrogen-bond acceptors (Lipinski definition) is 15. The Morgan fingerprint density at radius 1 is 0.243 bits per heavy atom. The minimum absolute atomic E-state index is 0.205. The van der Waals surface area contributed by atoms with E-state index in [2.05, 4.69) is 41.5 Å². The van der Waals surface area contributed by atoms with Crippen LogP contribution in [0.5, 0.6) is 28.7 Å². The fourth-order valence-electron chi connectivity index (χ4n) is 18.3. The highest BCUT2D eigenvalue weighted by molar-refractivity contribution is 5.33. The Bertz CT molecular complexity index is 3000. The maximum Gasteiger partial charge on any atom is 0.120 e. The lowest BCUT2D eigenvalue weighted by Gasteiger charge is -2.32. The Hall–Kier alpha value is -5.30. The van der Waals surface area contributed by atoms with Crippen LogP contribution < -0.4 is 23.7 Å². The number of benzene rings is 5. The zero-order valence-corrected chi connectivity index (χ0v) is 70.5. The van der Waals surface area contributed by atoms with E-state index in [1.807, 2.05) is 142 Å². The molecular weight excluding hydrogens is 1390 g/mol. The van der Waals surface area contributed by atoms with Crippen LogP contribution in [-0.2, 0) is 24.4 Å². The molecule has 0 bridgehead atoms. The molecule has 5 aromatic carbocycles. The molecule has 15 heteroatoms. The molecule has 0 aromatic heterocycles. The molecule has 0 aliphatic heterocycles. The first-order valence-electron chi connectivity index (χ1n) is 44.5. The molecule has 5 saturated carbocycles. The van der Waals surface area contributed by atoms with E-state index < -0.39 is 0 Å². The van der Waals surface area contributed by atoms with Gasteiger partial charge in [-0.05, 0) is 239 Å². The highest BCUT2D eigenvalue weighted by atomic mass is 17.1. The minimum Gasteiger partial charge on any atom is -0.497 e. The molecule has 5 atom stereocenters. The molecule has 5 unspecified atom stereocenters. The highest BCUT2D eigenvalue weighted by Crippen LogP contribution is 2.46. The van der Waals surface area contributed by atoms with Crippen LogP contribution in [0.1, 0.15) is 358 Å². The molecule has 0 radical (unpaired) electrons. The Morgan fingerprint density at radius 3 is 0.667 bits per heavy atom. The summed E-state index contributed by atoms with van der Waals surface area (Å²) in [6.45, 7) is 22.1. The maximum absolute atomic E-state index is 9.41. The normalized spacial score (nSPS) is 23.1. The van der Waals surface area contributed by atoms with E-state index in [9.17, 15) is 26.3 Å². The highest BCUT2D eigenvalue weighted by Gasteiger charge is 2.35. The van der Waals surface area contributed by atoms with Gasteiger partial charge in [-0.2, -0.15) is 0 Å². The first kappa shape index (κ1) is 94.6. The molecule has 626 valence electrons. The average Bonchev–Trinajstić information content (AvgIpc) is 0.863. The average molecular weight is 1550 g/mol. The van der Waals surface area contributed by atoms with Crippen LogP contribution in [0.15, 0.2) is 121 Å². The smallest absolute Gasteiger partial charge is 0.120 e. The predicted molar refractivity (Wildman–Crippen MR) is 450 cm³/mol. The molecule has 0 amide bonds. The molecule has 5 aliphatic rings. The van der Waals surface area contributed by atoms with Crippen molar-refractivity contribution in [2.45, 2.75) is 330 Å². The van der Waals surface area contributed by atoms with Crippen molar-refractivity contribution in [1.29, 1.82) is 0 Å². The van der Waals surface area contributed by atoms with E-state index in [0.29, 0.717) is 49.4 Å². The number of unbranched alkanes of at least 4 members (excludes halogenated alkanes) is 6. The Labute approximate surface area is 671 Å². The Kier molecular flexibility index (Phi) is 48.4. The molecule has 111 heavy (non-hydrogen) atoms. The van der Waals surface area contributed by atoms with Crippen molar-refractivity contribution in [2.75, 3.05) is 33.5 Å². The molecule has 10 rings (SSSR count). The molecule has 15 nitrogen and oxygen atoms in total. The number of methoxy groups -OCH3 is 1. The van der Waals surface area contributed by atoms with Crippen LogP contribution in [0.3, 0.4) is 0 Å². The van der Waals surface area contributed by atoms with Gasteiger partial charge in [-0.15, -0.1) is 0 Å². The van der Waals surface area contributed by atoms with E-state index in [1.165, 1.54) is 161 Å². The lowest BCUT2D eigenvalue weighted by molar-refractivity contribution is -0.296. The molecule has 5 fully saturated rings.